The van der Waals surface area contributed by atoms with Gasteiger partial charge in [0, 0.05) is 17.8 Å². The molecule has 0 saturated heterocycles. The van der Waals surface area contributed by atoms with Gasteiger partial charge in [0.05, 0.1) is 22.2 Å². The van der Waals surface area contributed by atoms with Crippen LogP contribution in [-0.2, 0) is 6.54 Å². The van der Waals surface area contributed by atoms with Crippen molar-refractivity contribution in [2.75, 3.05) is 6.54 Å². The van der Waals surface area contributed by atoms with Gasteiger partial charge in [-0.15, -0.1) is 11.3 Å². The number of fused-ring (bicyclic) bond motifs is 2. The lowest BCUT2D eigenvalue weighted by Gasteiger charge is -2.05. The van der Waals surface area contributed by atoms with Crippen LogP contribution in [0.2, 0.25) is 0 Å². The molecule has 0 fully saturated rings. The summed E-state index contributed by atoms with van der Waals surface area (Å²) in [5.74, 6) is -0.401. The second-order valence-corrected chi connectivity index (χ2v) is 6.91. The molecule has 0 spiro atoms. The van der Waals surface area contributed by atoms with Gasteiger partial charge < -0.3 is 9.88 Å². The van der Waals surface area contributed by atoms with Crippen molar-refractivity contribution in [2.24, 2.45) is 0 Å². The predicted molar refractivity (Wildman–Crippen MR) is 98.5 cm³/mol. The number of aryl methyl sites for hydroxylation is 1. The first-order chi connectivity index (χ1) is 12.2. The van der Waals surface area contributed by atoms with Crippen LogP contribution >= 0.6 is 11.3 Å². The summed E-state index contributed by atoms with van der Waals surface area (Å²) in [6.07, 6.45) is 2.64. The Bertz CT molecular complexity index is 1050. The number of para-hydroxylation sites is 2. The lowest BCUT2D eigenvalue weighted by Crippen LogP contribution is -2.24. The number of amides is 1. The highest BCUT2D eigenvalue weighted by molar-refractivity contribution is 7.20. The minimum atomic E-state index is -0.287. The molecule has 0 atom stereocenters. The highest BCUT2D eigenvalue weighted by Crippen LogP contribution is 2.26. The lowest BCUT2D eigenvalue weighted by atomic mass is 10.2. The van der Waals surface area contributed by atoms with Crippen LogP contribution < -0.4 is 5.32 Å². The third-order valence-corrected chi connectivity index (χ3v) is 5.21. The number of carbonyl (C=O) groups excluding carboxylic acids is 1. The first-order valence-electron chi connectivity index (χ1n) is 8.08. The molecule has 0 bridgehead atoms. The van der Waals surface area contributed by atoms with Gasteiger partial charge in [0.25, 0.3) is 5.91 Å². The molecule has 0 unspecified atom stereocenters. The van der Waals surface area contributed by atoms with Gasteiger partial charge in [-0.25, -0.2) is 9.37 Å². The third-order valence-electron chi connectivity index (χ3n) is 4.09. The standard InChI is InChI=1S/C19H16FN3OS/c20-14-6-7-17-13(10-14)11-18(25-17)19(24)21-8-3-9-23-12-22-15-4-1-2-5-16(15)23/h1-2,4-7,10-12H,3,8-9H2,(H,21,24). The van der Waals surface area contributed by atoms with Crippen LogP contribution in [0.4, 0.5) is 4.39 Å². The first-order valence-corrected chi connectivity index (χ1v) is 8.89. The molecule has 0 aliphatic heterocycles. The van der Waals surface area contributed by atoms with E-state index < -0.39 is 0 Å². The van der Waals surface area contributed by atoms with Crippen LogP contribution in [0.15, 0.2) is 54.9 Å². The monoisotopic (exact) mass is 353 g/mol. The summed E-state index contributed by atoms with van der Waals surface area (Å²) >= 11 is 1.38. The number of aromatic nitrogens is 2. The maximum absolute atomic E-state index is 13.2. The van der Waals surface area contributed by atoms with Gasteiger partial charge in [0.1, 0.15) is 5.82 Å². The van der Waals surface area contributed by atoms with Crippen molar-refractivity contribution in [3.63, 3.8) is 0 Å². The Morgan fingerprint density at radius 2 is 2.08 bits per heavy atom. The van der Waals surface area contributed by atoms with E-state index in [0.29, 0.717) is 11.4 Å². The van der Waals surface area contributed by atoms with E-state index in [4.69, 9.17) is 0 Å². The summed E-state index contributed by atoms with van der Waals surface area (Å²) in [5.41, 5.74) is 2.07. The Balaban J connectivity index is 1.35. The number of benzene rings is 2. The van der Waals surface area contributed by atoms with Crippen LogP contribution in [0.3, 0.4) is 0 Å². The number of nitrogens with one attached hydrogen (secondary N) is 1. The maximum Gasteiger partial charge on any atom is 0.261 e. The molecule has 4 nitrogen and oxygen atoms in total. The van der Waals surface area contributed by atoms with E-state index in [-0.39, 0.29) is 11.7 Å². The van der Waals surface area contributed by atoms with E-state index in [1.165, 1.54) is 23.5 Å². The molecule has 4 aromatic rings. The van der Waals surface area contributed by atoms with E-state index in [1.807, 2.05) is 30.6 Å². The van der Waals surface area contributed by atoms with Crippen molar-refractivity contribution in [2.45, 2.75) is 13.0 Å². The number of hydrogen-bond acceptors (Lipinski definition) is 3. The SMILES string of the molecule is O=C(NCCCn1cnc2ccccc21)c1cc2cc(F)ccc2s1. The molecule has 2 aromatic carbocycles. The minimum Gasteiger partial charge on any atom is -0.351 e. The van der Waals surface area contributed by atoms with Crippen molar-refractivity contribution in [3.8, 4) is 0 Å². The summed E-state index contributed by atoms with van der Waals surface area (Å²) in [5, 5.41) is 3.69. The fraction of sp³-hybridized carbons (Fsp3) is 0.158. The Hall–Kier alpha value is -2.73. The van der Waals surface area contributed by atoms with Gasteiger partial charge in [-0.1, -0.05) is 12.1 Å². The van der Waals surface area contributed by atoms with Gasteiger partial charge in [-0.3, -0.25) is 4.79 Å². The molecule has 0 saturated carbocycles. The predicted octanol–water partition coefficient (Wildman–Crippen LogP) is 4.21. The fourth-order valence-electron chi connectivity index (χ4n) is 2.85. The molecule has 126 valence electrons. The van der Waals surface area contributed by atoms with Crippen LogP contribution in [0, 0.1) is 5.82 Å². The van der Waals surface area contributed by atoms with Gasteiger partial charge in [0.15, 0.2) is 0 Å². The molecule has 4 rings (SSSR count). The molecule has 1 amide bonds. The third kappa shape index (κ3) is 3.25. The minimum absolute atomic E-state index is 0.114. The van der Waals surface area contributed by atoms with Crippen LogP contribution in [-0.4, -0.2) is 22.0 Å². The van der Waals surface area contributed by atoms with Crippen molar-refractivity contribution < 1.29 is 9.18 Å². The summed E-state index contributed by atoms with van der Waals surface area (Å²) in [7, 11) is 0. The Morgan fingerprint density at radius 3 is 3.00 bits per heavy atom. The molecule has 0 radical (unpaired) electrons. The highest BCUT2D eigenvalue weighted by atomic mass is 32.1. The zero-order valence-electron chi connectivity index (χ0n) is 13.4. The van der Waals surface area contributed by atoms with E-state index in [2.05, 4.69) is 14.9 Å². The Labute approximate surface area is 147 Å². The van der Waals surface area contributed by atoms with E-state index in [0.717, 1.165) is 34.1 Å². The smallest absolute Gasteiger partial charge is 0.261 e. The average molecular weight is 353 g/mol. The summed E-state index contributed by atoms with van der Waals surface area (Å²) in [4.78, 5) is 17.2. The molecule has 2 heterocycles. The molecule has 1 N–H and O–H groups in total. The van der Waals surface area contributed by atoms with Gasteiger partial charge in [-0.2, -0.15) is 0 Å². The van der Waals surface area contributed by atoms with Crippen molar-refractivity contribution in [1.82, 2.24) is 14.9 Å². The molecular formula is C19H16FN3OS. The normalized spacial score (nSPS) is 11.2. The van der Waals surface area contributed by atoms with E-state index in [9.17, 15) is 9.18 Å². The number of rotatable bonds is 5. The highest BCUT2D eigenvalue weighted by Gasteiger charge is 2.10. The number of hydrogen-bond donors (Lipinski definition) is 1. The first kappa shape index (κ1) is 15.8. The second kappa shape index (κ2) is 6.64. The number of nitrogens with zero attached hydrogens (tertiary/aromatic N) is 2. The zero-order valence-corrected chi connectivity index (χ0v) is 14.2. The van der Waals surface area contributed by atoms with Crippen molar-refractivity contribution in [3.05, 3.63) is 65.6 Å². The van der Waals surface area contributed by atoms with Crippen molar-refractivity contribution in [1.29, 1.82) is 0 Å². The summed E-state index contributed by atoms with van der Waals surface area (Å²) < 4.78 is 16.2. The number of imidazole rings is 1. The molecule has 25 heavy (non-hydrogen) atoms. The Kier molecular flexibility index (Phi) is 4.19. The number of thiophene rings is 1. The van der Waals surface area contributed by atoms with Gasteiger partial charge in [-0.05, 0) is 48.2 Å². The van der Waals surface area contributed by atoms with Crippen LogP contribution in [0.25, 0.3) is 21.1 Å². The quantitative estimate of drug-likeness (QED) is 0.546. The number of halogens is 1. The fourth-order valence-corrected chi connectivity index (χ4v) is 3.81. The molecule has 2 aromatic heterocycles. The molecule has 0 aliphatic rings. The lowest BCUT2D eigenvalue weighted by molar-refractivity contribution is 0.0957. The second-order valence-electron chi connectivity index (χ2n) is 5.83. The van der Waals surface area contributed by atoms with Gasteiger partial charge in [0.2, 0.25) is 0 Å². The summed E-state index contributed by atoms with van der Waals surface area (Å²) in [6.45, 7) is 1.37. The van der Waals surface area contributed by atoms with Gasteiger partial charge >= 0.3 is 0 Å². The Morgan fingerprint density at radius 1 is 1.20 bits per heavy atom. The molecule has 6 heteroatoms. The van der Waals surface area contributed by atoms with Crippen LogP contribution in [0.5, 0.6) is 0 Å². The largest absolute Gasteiger partial charge is 0.351 e. The van der Waals surface area contributed by atoms with E-state index >= 15 is 0 Å². The topological polar surface area (TPSA) is 46.9 Å². The number of carbonyl (C=O) groups is 1. The average Bonchev–Trinajstić information content (AvgIpc) is 3.22. The van der Waals surface area contributed by atoms with E-state index in [1.54, 1.807) is 12.1 Å². The molecule has 0 aliphatic carbocycles. The summed E-state index contributed by atoms with van der Waals surface area (Å²) in [6, 6.07) is 14.3. The zero-order chi connectivity index (χ0) is 17.2. The molecular weight excluding hydrogens is 337 g/mol. The maximum atomic E-state index is 13.2. The van der Waals surface area contributed by atoms with Crippen molar-refractivity contribution >= 4 is 38.4 Å². The van der Waals surface area contributed by atoms with Crippen LogP contribution in [0.1, 0.15) is 16.1 Å².